The fourth-order valence-electron chi connectivity index (χ4n) is 6.71. The maximum Gasteiger partial charge on any atom is -0.00996 e. The molecule has 0 heterocycles. The second kappa shape index (κ2) is 9.35. The van der Waals surface area contributed by atoms with Crippen LogP contribution in [0.1, 0.15) is 101 Å². The van der Waals surface area contributed by atoms with E-state index in [1.807, 2.05) is 0 Å². The van der Waals surface area contributed by atoms with Crippen molar-refractivity contribution in [3.05, 3.63) is 59.2 Å². The summed E-state index contributed by atoms with van der Waals surface area (Å²) in [5.41, 5.74) is 5.04. The van der Waals surface area contributed by atoms with E-state index >= 15 is 0 Å². The molecule has 0 spiro atoms. The Morgan fingerprint density at radius 1 is 0.806 bits per heavy atom. The topological polar surface area (TPSA) is 0 Å². The van der Waals surface area contributed by atoms with E-state index in [0.29, 0.717) is 0 Å². The van der Waals surface area contributed by atoms with Crippen molar-refractivity contribution in [1.29, 1.82) is 0 Å². The van der Waals surface area contributed by atoms with Crippen molar-refractivity contribution in [2.45, 2.75) is 96.8 Å². The van der Waals surface area contributed by atoms with Gasteiger partial charge < -0.3 is 0 Å². The van der Waals surface area contributed by atoms with Gasteiger partial charge in [-0.15, -0.1) is 0 Å². The predicted molar refractivity (Wildman–Crippen MR) is 136 cm³/mol. The van der Waals surface area contributed by atoms with Gasteiger partial charge in [0.15, 0.2) is 0 Å². The van der Waals surface area contributed by atoms with Gasteiger partial charge in [-0.25, -0.2) is 0 Å². The van der Waals surface area contributed by atoms with Crippen molar-refractivity contribution in [2.24, 2.45) is 11.8 Å². The third-order valence-electron chi connectivity index (χ3n) is 8.65. The van der Waals surface area contributed by atoms with Gasteiger partial charge in [0.25, 0.3) is 0 Å². The number of rotatable bonds is 6. The first-order valence-corrected chi connectivity index (χ1v) is 13.2. The first kappa shape index (κ1) is 21.0. The van der Waals surface area contributed by atoms with Crippen molar-refractivity contribution in [2.75, 3.05) is 0 Å². The molecule has 0 aromatic heterocycles. The van der Waals surface area contributed by atoms with Crippen LogP contribution in [0.3, 0.4) is 0 Å². The molecule has 0 radical (unpaired) electrons. The molecule has 3 aromatic rings. The van der Waals surface area contributed by atoms with Crippen LogP contribution in [0.4, 0.5) is 0 Å². The van der Waals surface area contributed by atoms with Crippen molar-refractivity contribution >= 4 is 21.5 Å². The van der Waals surface area contributed by atoms with E-state index in [4.69, 9.17) is 0 Å². The van der Waals surface area contributed by atoms with Crippen LogP contribution in [0.2, 0.25) is 0 Å². The van der Waals surface area contributed by atoms with Gasteiger partial charge >= 0.3 is 0 Å². The molecule has 1 fully saturated rings. The van der Waals surface area contributed by atoms with Crippen molar-refractivity contribution in [3.8, 4) is 0 Å². The molecule has 5 rings (SSSR count). The Morgan fingerprint density at radius 3 is 2.45 bits per heavy atom. The van der Waals surface area contributed by atoms with Gasteiger partial charge in [-0.2, -0.15) is 0 Å². The summed E-state index contributed by atoms with van der Waals surface area (Å²) in [6, 6.07) is 16.6. The van der Waals surface area contributed by atoms with E-state index in [0.717, 1.165) is 17.8 Å². The summed E-state index contributed by atoms with van der Waals surface area (Å²) in [5.74, 6) is 2.62. The molecular weight excluding hydrogens is 372 g/mol. The Bertz CT molecular complexity index is 1030. The highest BCUT2D eigenvalue weighted by Gasteiger charge is 2.27. The van der Waals surface area contributed by atoms with E-state index in [1.54, 1.807) is 22.1 Å². The van der Waals surface area contributed by atoms with Crippen LogP contribution in [0.5, 0.6) is 0 Å². The Hall–Kier alpha value is -1.82. The number of fused-ring (bicyclic) bond motifs is 5. The molecule has 2 aliphatic rings. The normalized spacial score (nSPS) is 23.9. The molecule has 31 heavy (non-hydrogen) atoms. The van der Waals surface area contributed by atoms with Crippen LogP contribution in [-0.4, -0.2) is 0 Å². The van der Waals surface area contributed by atoms with Crippen LogP contribution in [-0.2, 0) is 12.8 Å². The van der Waals surface area contributed by atoms with Gasteiger partial charge in [-0.05, 0) is 101 Å². The molecule has 0 heteroatoms. The summed E-state index contributed by atoms with van der Waals surface area (Å²) in [7, 11) is 0. The maximum atomic E-state index is 2.59. The standard InChI is InChI=1S/C31H40/c1-3-5-6-9-23-12-15-24(16-13-23)30-21-25-10-7-8-11-27(25)29-19-17-26-20-22(4-2)14-18-28(26)31(29)30/h7-8,10-11,17,19,21-24H,3-6,9,12-16,18,20H2,1-2H3. The molecule has 2 aliphatic carbocycles. The highest BCUT2D eigenvalue weighted by atomic mass is 14.3. The molecule has 164 valence electrons. The lowest BCUT2D eigenvalue weighted by Crippen LogP contribution is -2.16. The third kappa shape index (κ3) is 4.15. The quantitative estimate of drug-likeness (QED) is 0.279. The average molecular weight is 413 g/mol. The summed E-state index contributed by atoms with van der Waals surface area (Å²) >= 11 is 0. The smallest absolute Gasteiger partial charge is 0.00996 e. The molecule has 1 saturated carbocycles. The number of unbranched alkanes of at least 4 members (excludes halogenated alkanes) is 2. The minimum absolute atomic E-state index is 0.755. The lowest BCUT2D eigenvalue weighted by Gasteiger charge is -2.32. The molecule has 3 aromatic carbocycles. The zero-order valence-corrected chi connectivity index (χ0v) is 19.8. The van der Waals surface area contributed by atoms with Crippen LogP contribution in [0.15, 0.2) is 42.5 Å². The molecular formula is C31H40. The first-order valence-electron chi connectivity index (χ1n) is 13.2. The SMILES string of the molecule is CCCCCC1CCC(c2cc3ccccc3c3ccc4c(c23)CCC(CC)C4)CC1. The Morgan fingerprint density at radius 2 is 1.65 bits per heavy atom. The lowest BCUT2D eigenvalue weighted by molar-refractivity contribution is 0.303. The van der Waals surface area contributed by atoms with Crippen LogP contribution >= 0.6 is 0 Å². The monoisotopic (exact) mass is 412 g/mol. The van der Waals surface area contributed by atoms with Gasteiger partial charge in [0.1, 0.15) is 0 Å². The largest absolute Gasteiger partial charge is 0.0654 e. The molecule has 0 aliphatic heterocycles. The lowest BCUT2D eigenvalue weighted by atomic mass is 9.73. The van der Waals surface area contributed by atoms with Gasteiger partial charge in [-0.3, -0.25) is 0 Å². The van der Waals surface area contributed by atoms with Gasteiger partial charge in [-0.1, -0.05) is 88.4 Å². The van der Waals surface area contributed by atoms with Gasteiger partial charge in [0.2, 0.25) is 0 Å². The predicted octanol–water partition coefficient (Wildman–Crippen LogP) is 9.36. The van der Waals surface area contributed by atoms with Crippen molar-refractivity contribution < 1.29 is 0 Å². The van der Waals surface area contributed by atoms with E-state index < -0.39 is 0 Å². The number of benzene rings is 3. The van der Waals surface area contributed by atoms with E-state index in [9.17, 15) is 0 Å². The zero-order chi connectivity index (χ0) is 21.2. The maximum absolute atomic E-state index is 2.59. The molecule has 0 bridgehead atoms. The Labute approximate surface area is 189 Å². The zero-order valence-electron chi connectivity index (χ0n) is 19.8. The number of hydrogen-bond acceptors (Lipinski definition) is 0. The van der Waals surface area contributed by atoms with E-state index in [2.05, 4.69) is 56.3 Å². The molecule has 1 unspecified atom stereocenters. The Kier molecular flexibility index (Phi) is 6.35. The summed E-state index contributed by atoms with van der Waals surface area (Å²) in [4.78, 5) is 0. The van der Waals surface area contributed by atoms with Crippen LogP contribution < -0.4 is 0 Å². The van der Waals surface area contributed by atoms with Crippen molar-refractivity contribution in [3.63, 3.8) is 0 Å². The highest BCUT2D eigenvalue weighted by Crippen LogP contribution is 2.45. The summed E-state index contributed by atoms with van der Waals surface area (Å²) in [5, 5.41) is 6.07. The molecule has 0 N–H and O–H groups in total. The summed E-state index contributed by atoms with van der Waals surface area (Å²) in [6.07, 6.45) is 16.6. The van der Waals surface area contributed by atoms with Crippen LogP contribution in [0.25, 0.3) is 21.5 Å². The average Bonchev–Trinajstić information content (AvgIpc) is 2.83. The minimum Gasteiger partial charge on any atom is -0.0654 e. The number of hydrogen-bond donors (Lipinski definition) is 0. The minimum atomic E-state index is 0.755. The Balaban J connectivity index is 1.54. The second-order valence-corrected chi connectivity index (χ2v) is 10.5. The summed E-state index contributed by atoms with van der Waals surface area (Å²) < 4.78 is 0. The summed E-state index contributed by atoms with van der Waals surface area (Å²) in [6.45, 7) is 4.69. The van der Waals surface area contributed by atoms with Gasteiger partial charge in [0.05, 0.1) is 0 Å². The highest BCUT2D eigenvalue weighted by molar-refractivity contribution is 6.10. The van der Waals surface area contributed by atoms with E-state index in [1.165, 1.54) is 93.2 Å². The molecule has 0 amide bonds. The fraction of sp³-hybridized carbons (Fsp3) is 0.548. The van der Waals surface area contributed by atoms with E-state index in [-0.39, 0.29) is 0 Å². The fourth-order valence-corrected chi connectivity index (χ4v) is 6.71. The second-order valence-electron chi connectivity index (χ2n) is 10.5. The third-order valence-corrected chi connectivity index (χ3v) is 8.65. The van der Waals surface area contributed by atoms with Crippen molar-refractivity contribution in [1.82, 2.24) is 0 Å². The number of aryl methyl sites for hydroxylation is 1. The molecule has 0 nitrogen and oxygen atoms in total. The van der Waals surface area contributed by atoms with Gasteiger partial charge in [0, 0.05) is 0 Å². The molecule has 0 saturated heterocycles. The first-order chi connectivity index (χ1) is 15.3. The molecule has 1 atom stereocenters. The van der Waals surface area contributed by atoms with Crippen LogP contribution in [0, 0.1) is 11.8 Å².